The first-order valence-corrected chi connectivity index (χ1v) is 52.9. The average molecular weight is 1990 g/mol. The van der Waals surface area contributed by atoms with Crippen LogP contribution >= 0.6 is 11.3 Å². The fraction of sp³-hybridized carbons (Fsp3) is 0.496. The molecule has 0 radical (unpaired) electrons. The lowest BCUT2D eigenvalue weighted by atomic mass is 9.69. The Hall–Kier alpha value is -12.4. The molecule has 3 aromatic carbocycles. The minimum atomic E-state index is -0.282. The number of azo groups is 1. The van der Waals surface area contributed by atoms with Crippen molar-refractivity contribution < 1.29 is 19.0 Å². The third-order valence-electron chi connectivity index (χ3n) is 27.7. The average Bonchev–Trinajstić information content (AvgIpc) is 1.48. The number of benzene rings is 3. The van der Waals surface area contributed by atoms with Gasteiger partial charge in [-0.05, 0) is 239 Å². The predicted molar refractivity (Wildman–Crippen MR) is 599 cm³/mol. The van der Waals surface area contributed by atoms with E-state index in [4.69, 9.17) is 24.1 Å². The van der Waals surface area contributed by atoms with Gasteiger partial charge in [-0.25, -0.2) is 39.1 Å². The van der Waals surface area contributed by atoms with Crippen LogP contribution in [0.4, 0.5) is 17.3 Å². The number of aliphatic hydroxyl groups is 1. The summed E-state index contributed by atoms with van der Waals surface area (Å²) in [4.78, 5) is 41.1. The predicted octanol–water partition coefficient (Wildman–Crippen LogP) is 29.0. The van der Waals surface area contributed by atoms with Crippen molar-refractivity contribution in [2.75, 3.05) is 36.5 Å². The summed E-state index contributed by atoms with van der Waals surface area (Å²) in [7, 11) is 1.70. The van der Waals surface area contributed by atoms with Crippen LogP contribution in [0.3, 0.4) is 0 Å². The molecular weight excluding hydrogens is 1830 g/mol. The molecule has 0 amide bonds. The maximum atomic E-state index is 10.4. The Labute approximate surface area is 873 Å². The number of hydrogen-bond donors (Lipinski definition) is 2. The number of hydrogen-bond acceptors (Lipinski definition) is 23. The lowest BCUT2D eigenvalue weighted by molar-refractivity contribution is 0.0282. The van der Waals surface area contributed by atoms with Crippen LogP contribution in [0.1, 0.15) is 329 Å². The first-order chi connectivity index (χ1) is 68.6. The summed E-state index contributed by atoms with van der Waals surface area (Å²) in [5.74, 6) is 6.94. The van der Waals surface area contributed by atoms with E-state index in [1.54, 1.807) is 48.6 Å². The molecule has 6 unspecified atom stereocenters. The molecule has 15 heterocycles. The third kappa shape index (κ3) is 29.4. The van der Waals surface area contributed by atoms with Crippen molar-refractivity contribution in [3.05, 3.63) is 278 Å². The van der Waals surface area contributed by atoms with Gasteiger partial charge in [-0.3, -0.25) is 4.99 Å². The van der Waals surface area contributed by atoms with Crippen LogP contribution in [0.2, 0.25) is 0 Å². The quantitative estimate of drug-likeness (QED) is 0.156. The monoisotopic (exact) mass is 1990 g/mol. The summed E-state index contributed by atoms with van der Waals surface area (Å²) in [6.45, 7) is 70.4. The molecule has 5 aliphatic heterocycles. The molecule has 1 saturated heterocycles. The molecule has 2 fully saturated rings. The van der Waals surface area contributed by atoms with Crippen molar-refractivity contribution >= 4 is 57.4 Å². The molecule has 13 aromatic rings. The Morgan fingerprint density at radius 1 is 0.562 bits per heavy atom. The van der Waals surface area contributed by atoms with Crippen LogP contribution in [-0.2, 0) is 45.3 Å². The van der Waals surface area contributed by atoms with E-state index in [1.807, 2.05) is 89.9 Å². The summed E-state index contributed by atoms with van der Waals surface area (Å²) >= 11 is 1.67. The van der Waals surface area contributed by atoms with Crippen molar-refractivity contribution in [3.63, 3.8) is 0 Å². The SMILES string of the molecule is CC(C)(C)C1CCc2ccccc2C1O.CC(C)(C)C1N=CN=C2N=NC=C21.CC(C)(C)c1ccnc(N2CCCC3CCCCC32)c1.CC(C)(C)c1ccnc(N2CCCc3ccccc32)c1.CC(C)(C)c1cnn2cc(C#N)ccc12.CC1=C(c2ccccc2)C(C(C)(C)C)NC1.COc1ccn2ccc(C(C)(C)C)c2c1.Cc1nc(-c2cnc(C)s2)cc(C(C)(C)C)n1.Cc1noc(-c2nonc2C(C)(C)C)n1. The number of nitrogens with zero attached hydrogens (tertiary/aromatic N) is 19. The minimum absolute atomic E-state index is 0.0438. The highest BCUT2D eigenvalue weighted by atomic mass is 32.1. The summed E-state index contributed by atoms with van der Waals surface area (Å²) in [5.41, 5.74) is 23.1. The Morgan fingerprint density at radius 3 is 1.84 bits per heavy atom. The van der Waals surface area contributed by atoms with Crippen molar-refractivity contribution in [3.8, 4) is 34.0 Å². The van der Waals surface area contributed by atoms with Crippen molar-refractivity contribution in [1.29, 1.82) is 5.26 Å². The van der Waals surface area contributed by atoms with E-state index in [9.17, 15) is 5.11 Å². The molecule has 6 atom stereocenters. The van der Waals surface area contributed by atoms with E-state index in [1.165, 1.54) is 125 Å². The van der Waals surface area contributed by atoms with Gasteiger partial charge in [-0.15, -0.1) is 16.5 Å². The number of aliphatic imine (C=N–C) groups is 2. The zero-order chi connectivity index (χ0) is 106. The molecular formula is C121H162N20O4S. The number of pyridine rings is 4. The number of methoxy groups -OCH3 is 1. The number of nitrogens with one attached hydrogen (secondary N) is 1. The molecule has 2 aliphatic carbocycles. The Bertz CT molecular complexity index is 6730. The van der Waals surface area contributed by atoms with Gasteiger partial charge in [-0.1, -0.05) is 288 Å². The normalized spacial score (nSPS) is 18.2. The Kier molecular flexibility index (Phi) is 36.3. The molecule has 776 valence electrons. The number of aliphatic hydroxyl groups excluding tert-OH is 1. The van der Waals surface area contributed by atoms with E-state index in [2.05, 4.69) is 386 Å². The molecule has 7 aliphatic rings. The fourth-order valence-electron chi connectivity index (χ4n) is 19.6. The van der Waals surface area contributed by atoms with Crippen molar-refractivity contribution in [2.24, 2.45) is 48.3 Å². The standard InChI is InChI=1S/C18H28N2.C18H22N2.C15H21N.C14H20O.C13H17N3S.C13H17NO.C12H13N3.C9H12N4O2.C9H12N4/c2*1-18(2,3)15-10-11-19-17(13-15)20-12-6-8-14-7-4-5-9-16(14)20;1-11-10-16-14(15(2,3)4)13(11)12-8-6-5-7-9-12;1-14(2,3)12-9-8-10-6-4-5-7-11(10)13(12)15;1-8-15-10(11-7-14-9(2)17-11)6-12(16-8)13(3,4)5;1-13(2,3)11-6-8-14-7-5-10(15-4)9-12(11)14;1-12(2,3)10-7-14-15-8-9(6-13)4-5-11(10)15;1-5-10-8(14-11-5)6-7(9(2,3)4)13-15-12-6;1-9(2,3)7-6-4-12-13-8(6)11-5-10-7/h10-11,13-14,16H,4-9,12H2,1-3H3;4-5,7,9-11,13H,6,8,12H2,1-3H3;5-9,14,16H,10H2,1-4H3;4-7,12-13,15H,8-9H2,1-3H3;6-7H,1-5H3;5-9H,1-4H3;4-5,7-8H,1-3H3;1-4H3;4-5,7H,1-3H3. The maximum Gasteiger partial charge on any atom is 0.282 e. The number of aryl methyl sites for hydroxylation is 5. The number of fused-ring (bicyclic) bond motifs is 6. The highest BCUT2D eigenvalue weighted by molar-refractivity contribution is 7.15. The first kappa shape index (κ1) is 112. The van der Waals surface area contributed by atoms with Crippen LogP contribution in [0.5, 0.6) is 5.75 Å². The highest BCUT2D eigenvalue weighted by Gasteiger charge is 2.40. The van der Waals surface area contributed by atoms with Gasteiger partial charge in [0.05, 0.1) is 69.5 Å². The molecule has 24 nitrogen and oxygen atoms in total. The van der Waals surface area contributed by atoms with Crippen molar-refractivity contribution in [2.45, 2.75) is 336 Å². The van der Waals surface area contributed by atoms with E-state index < -0.39 is 0 Å². The molecule has 25 heteroatoms. The second kappa shape index (κ2) is 47.2. The van der Waals surface area contributed by atoms with E-state index in [0.717, 1.165) is 99.0 Å². The first-order valence-electron chi connectivity index (χ1n) is 52.0. The number of nitriles is 1. The lowest BCUT2D eigenvalue weighted by Crippen LogP contribution is -2.47. The molecule has 0 spiro atoms. The van der Waals surface area contributed by atoms with Crippen LogP contribution in [0, 0.1) is 60.2 Å². The van der Waals surface area contributed by atoms with E-state index in [0.29, 0.717) is 40.6 Å². The topological polar surface area (TPSA) is 285 Å². The van der Waals surface area contributed by atoms with Crippen LogP contribution in [0.15, 0.2) is 230 Å². The number of rotatable bonds is 6. The third-order valence-corrected chi connectivity index (χ3v) is 28.6. The number of ether oxygens (including phenoxy) is 1. The zero-order valence-electron chi connectivity index (χ0n) is 93.2. The van der Waals surface area contributed by atoms with Gasteiger partial charge in [0.25, 0.3) is 5.89 Å². The molecule has 20 rings (SSSR count). The van der Waals surface area contributed by atoms with Gasteiger partial charge in [0.1, 0.15) is 41.3 Å². The summed E-state index contributed by atoms with van der Waals surface area (Å²) < 4.78 is 18.9. The molecule has 0 bridgehead atoms. The van der Waals surface area contributed by atoms with Gasteiger partial charge in [0.2, 0.25) is 0 Å². The van der Waals surface area contributed by atoms with Gasteiger partial charge in [-0.2, -0.15) is 20.5 Å². The van der Waals surface area contributed by atoms with Gasteiger partial charge in [0, 0.05) is 103 Å². The molecule has 10 aromatic heterocycles. The maximum absolute atomic E-state index is 10.4. The molecule has 2 N–H and O–H groups in total. The molecule has 1 saturated carbocycles. The highest BCUT2D eigenvalue weighted by Crippen LogP contribution is 2.46. The number of piperidine rings is 1. The Morgan fingerprint density at radius 2 is 1.21 bits per heavy atom. The van der Waals surface area contributed by atoms with E-state index >= 15 is 0 Å². The van der Waals surface area contributed by atoms with Gasteiger partial charge >= 0.3 is 0 Å². The second-order valence-electron chi connectivity index (χ2n) is 48.9. The number of thiazole rings is 1. The second-order valence-corrected chi connectivity index (χ2v) is 50.1. The van der Waals surface area contributed by atoms with Gasteiger partial charge < -0.3 is 33.9 Å². The number of anilines is 3. The summed E-state index contributed by atoms with van der Waals surface area (Å²) in [6.07, 6.45) is 29.6. The van der Waals surface area contributed by atoms with Crippen molar-refractivity contribution in [1.82, 2.24) is 64.7 Å². The largest absolute Gasteiger partial charge is 0.497 e. The number of para-hydroxylation sites is 1. The summed E-state index contributed by atoms with van der Waals surface area (Å²) in [6, 6.07) is 52.1. The van der Waals surface area contributed by atoms with Crippen LogP contribution < -0.4 is 19.9 Å². The van der Waals surface area contributed by atoms with Crippen LogP contribution in [0.25, 0.3) is 38.8 Å². The number of amidine groups is 1. The minimum Gasteiger partial charge on any atom is -0.497 e. The zero-order valence-corrected chi connectivity index (χ0v) is 94.0. The summed E-state index contributed by atoms with van der Waals surface area (Å²) in [5, 5.41) is 47.2. The van der Waals surface area contributed by atoms with E-state index in [-0.39, 0.29) is 60.9 Å². The fourth-order valence-corrected chi connectivity index (χ4v) is 20.3. The number of aromatic nitrogens is 12. The van der Waals surface area contributed by atoms with Crippen LogP contribution in [-0.4, -0.2) is 122 Å². The Balaban J connectivity index is 0.000000147. The smallest absolute Gasteiger partial charge is 0.282 e. The lowest BCUT2D eigenvalue weighted by Gasteiger charge is -2.45. The van der Waals surface area contributed by atoms with Gasteiger partial charge in [0.15, 0.2) is 17.4 Å². The molecule has 146 heavy (non-hydrogen) atoms.